The molecule has 0 atom stereocenters. The van der Waals surface area contributed by atoms with Crippen LogP contribution in [0, 0.1) is 0 Å². The Bertz CT molecular complexity index is 728. The van der Waals surface area contributed by atoms with Gasteiger partial charge in [0.1, 0.15) is 5.75 Å². The second-order valence-corrected chi connectivity index (χ2v) is 6.93. The van der Waals surface area contributed by atoms with Gasteiger partial charge in [-0.25, -0.2) is 0 Å². The number of piperazine rings is 1. The molecule has 2 aromatic rings. The first-order valence-electron chi connectivity index (χ1n) is 8.92. The number of rotatable bonds is 6. The summed E-state index contributed by atoms with van der Waals surface area (Å²) in [6.45, 7) is 4.88. The van der Waals surface area contributed by atoms with Crippen LogP contribution in [0.3, 0.4) is 0 Å². The molecule has 26 heavy (non-hydrogen) atoms. The van der Waals surface area contributed by atoms with E-state index in [0.29, 0.717) is 6.42 Å². The Morgan fingerprint density at radius 2 is 1.92 bits per heavy atom. The Labute approximate surface area is 159 Å². The average Bonchev–Trinajstić information content (AvgIpc) is 2.67. The summed E-state index contributed by atoms with van der Waals surface area (Å²) in [5, 5.41) is 3.71. The van der Waals surface area contributed by atoms with Crippen molar-refractivity contribution in [1.29, 1.82) is 0 Å². The van der Waals surface area contributed by atoms with Crippen molar-refractivity contribution < 1.29 is 14.4 Å². The number of anilines is 2. The number of carbonyl (C=O) groups excluding carboxylic acids is 1. The summed E-state index contributed by atoms with van der Waals surface area (Å²) in [7, 11) is 1.63. The van der Waals surface area contributed by atoms with Gasteiger partial charge in [0.2, 0.25) is 5.91 Å². The molecule has 0 aromatic heterocycles. The van der Waals surface area contributed by atoms with Crippen molar-refractivity contribution in [3.63, 3.8) is 0 Å². The minimum absolute atomic E-state index is 0.0555. The van der Waals surface area contributed by atoms with Crippen LogP contribution < -0.4 is 19.9 Å². The highest BCUT2D eigenvalue weighted by Crippen LogP contribution is 2.19. The summed E-state index contributed by atoms with van der Waals surface area (Å²) in [6, 6.07) is 15.4. The lowest BCUT2D eigenvalue weighted by atomic mass is 10.2. The van der Waals surface area contributed by atoms with E-state index < -0.39 is 0 Å². The maximum atomic E-state index is 12.2. The molecule has 138 valence electrons. The maximum Gasteiger partial charge on any atom is 0.230 e. The molecular weight excluding hydrogens is 350 g/mol. The molecule has 1 amide bonds. The lowest BCUT2D eigenvalue weighted by Gasteiger charge is -2.33. The number of ether oxygens (including phenoxy) is 1. The van der Waals surface area contributed by atoms with E-state index in [-0.39, 0.29) is 5.91 Å². The maximum absolute atomic E-state index is 12.2. The molecule has 0 aliphatic carbocycles. The third kappa shape index (κ3) is 5.13. The van der Waals surface area contributed by atoms with Gasteiger partial charge >= 0.3 is 0 Å². The van der Waals surface area contributed by atoms with E-state index in [0.717, 1.165) is 49.2 Å². The highest BCUT2D eigenvalue weighted by atomic mass is 35.5. The first-order valence-corrected chi connectivity index (χ1v) is 9.30. The standard InChI is InChI=1S/C20H24ClN3O2/c1-26-19-7-5-17(6-8-19)22-20(25)9-10-23-11-13-24(14-12-23)18-4-2-3-16(21)15-18/h2-8,15H,9-14H2,1H3,(H,22,25)/p+1. The number of carbonyl (C=O) groups is 1. The molecule has 0 radical (unpaired) electrons. The molecule has 1 saturated heterocycles. The van der Waals surface area contributed by atoms with Gasteiger partial charge in [0.25, 0.3) is 0 Å². The van der Waals surface area contributed by atoms with Crippen LogP contribution >= 0.6 is 11.6 Å². The van der Waals surface area contributed by atoms with E-state index in [1.807, 2.05) is 42.5 Å². The fraction of sp³-hybridized carbons (Fsp3) is 0.350. The van der Waals surface area contributed by atoms with Gasteiger partial charge < -0.3 is 19.9 Å². The van der Waals surface area contributed by atoms with Gasteiger partial charge in [0.15, 0.2) is 0 Å². The summed E-state index contributed by atoms with van der Waals surface area (Å²) >= 11 is 6.08. The molecule has 3 rings (SSSR count). The normalized spacial score (nSPS) is 14.9. The van der Waals surface area contributed by atoms with E-state index in [1.165, 1.54) is 10.6 Å². The fourth-order valence-electron chi connectivity index (χ4n) is 3.19. The molecule has 1 heterocycles. The zero-order valence-electron chi connectivity index (χ0n) is 15.0. The number of hydrogen-bond acceptors (Lipinski definition) is 3. The van der Waals surface area contributed by atoms with E-state index in [9.17, 15) is 4.79 Å². The van der Waals surface area contributed by atoms with Crippen molar-refractivity contribution in [2.75, 3.05) is 50.1 Å². The van der Waals surface area contributed by atoms with Gasteiger partial charge in [0, 0.05) is 16.4 Å². The van der Waals surface area contributed by atoms with E-state index in [4.69, 9.17) is 16.3 Å². The van der Waals surface area contributed by atoms with E-state index in [1.54, 1.807) is 7.11 Å². The molecule has 0 bridgehead atoms. The van der Waals surface area contributed by atoms with Crippen molar-refractivity contribution >= 4 is 28.9 Å². The van der Waals surface area contributed by atoms with Gasteiger partial charge in [-0.3, -0.25) is 4.79 Å². The van der Waals surface area contributed by atoms with Crippen LogP contribution in [0.4, 0.5) is 11.4 Å². The van der Waals surface area contributed by atoms with Crippen LogP contribution in [0.5, 0.6) is 5.75 Å². The number of benzene rings is 2. The lowest BCUT2D eigenvalue weighted by Crippen LogP contribution is -3.15. The topological polar surface area (TPSA) is 46.0 Å². The molecule has 1 fully saturated rings. The van der Waals surface area contributed by atoms with Gasteiger partial charge in [0.05, 0.1) is 46.3 Å². The van der Waals surface area contributed by atoms with Gasteiger partial charge in [-0.15, -0.1) is 0 Å². The summed E-state index contributed by atoms with van der Waals surface area (Å²) in [6.07, 6.45) is 0.526. The van der Waals surface area contributed by atoms with E-state index in [2.05, 4.69) is 16.3 Å². The van der Waals surface area contributed by atoms with Crippen molar-refractivity contribution in [1.82, 2.24) is 0 Å². The molecule has 2 N–H and O–H groups in total. The zero-order valence-corrected chi connectivity index (χ0v) is 15.8. The Hall–Kier alpha value is -2.24. The Morgan fingerprint density at radius 3 is 2.58 bits per heavy atom. The van der Waals surface area contributed by atoms with E-state index >= 15 is 0 Å². The molecule has 0 unspecified atom stereocenters. The second-order valence-electron chi connectivity index (χ2n) is 6.49. The molecule has 6 heteroatoms. The van der Waals surface area contributed by atoms with Crippen molar-refractivity contribution in [2.45, 2.75) is 6.42 Å². The monoisotopic (exact) mass is 374 g/mol. The molecule has 1 aliphatic heterocycles. The number of quaternary nitrogens is 1. The SMILES string of the molecule is COc1ccc(NC(=O)CC[NH+]2CCN(c3cccc(Cl)c3)CC2)cc1. The average molecular weight is 375 g/mol. The zero-order chi connectivity index (χ0) is 18.4. The van der Waals surface area contributed by atoms with Crippen LogP contribution in [0.25, 0.3) is 0 Å². The minimum Gasteiger partial charge on any atom is -0.497 e. The third-order valence-electron chi connectivity index (χ3n) is 4.72. The van der Waals surface area contributed by atoms with Crippen molar-refractivity contribution in [3.05, 3.63) is 53.6 Å². The Kier molecular flexibility index (Phi) is 6.36. The number of methoxy groups -OCH3 is 1. The van der Waals surface area contributed by atoms with Crippen LogP contribution in [-0.2, 0) is 4.79 Å². The molecule has 1 aliphatic rings. The highest BCUT2D eigenvalue weighted by Gasteiger charge is 2.20. The first kappa shape index (κ1) is 18.5. The number of nitrogens with one attached hydrogen (secondary N) is 2. The number of halogens is 1. The largest absolute Gasteiger partial charge is 0.497 e. The van der Waals surface area contributed by atoms with Crippen LogP contribution in [0.2, 0.25) is 5.02 Å². The smallest absolute Gasteiger partial charge is 0.230 e. The highest BCUT2D eigenvalue weighted by molar-refractivity contribution is 6.30. The van der Waals surface area contributed by atoms with Crippen molar-refractivity contribution in [3.8, 4) is 5.75 Å². The Balaban J connectivity index is 1.41. The van der Waals surface area contributed by atoms with Crippen LogP contribution in [0.1, 0.15) is 6.42 Å². The van der Waals surface area contributed by atoms with Crippen LogP contribution in [-0.4, -0.2) is 45.7 Å². The number of amides is 1. The summed E-state index contributed by atoms with van der Waals surface area (Å²) in [4.78, 5) is 16.0. The predicted octanol–water partition coefficient (Wildman–Crippen LogP) is 2.08. The molecule has 5 nitrogen and oxygen atoms in total. The third-order valence-corrected chi connectivity index (χ3v) is 4.96. The van der Waals surface area contributed by atoms with Crippen LogP contribution in [0.15, 0.2) is 48.5 Å². The molecule has 0 saturated carbocycles. The molecular formula is C20H25ClN3O2+. The lowest BCUT2D eigenvalue weighted by molar-refractivity contribution is -0.900. The Morgan fingerprint density at radius 1 is 1.19 bits per heavy atom. The molecule has 2 aromatic carbocycles. The first-order chi connectivity index (χ1) is 12.6. The quantitative estimate of drug-likeness (QED) is 0.813. The summed E-state index contributed by atoms with van der Waals surface area (Å²) in [5.74, 6) is 0.838. The second kappa shape index (κ2) is 8.92. The van der Waals surface area contributed by atoms with Gasteiger partial charge in [-0.1, -0.05) is 17.7 Å². The van der Waals surface area contributed by atoms with Gasteiger partial charge in [-0.05, 0) is 42.5 Å². The summed E-state index contributed by atoms with van der Waals surface area (Å²) < 4.78 is 5.12. The minimum atomic E-state index is 0.0555. The predicted molar refractivity (Wildman–Crippen MR) is 105 cm³/mol. The fourth-order valence-corrected chi connectivity index (χ4v) is 3.38. The van der Waals surface area contributed by atoms with Crippen molar-refractivity contribution in [2.24, 2.45) is 0 Å². The number of hydrogen-bond donors (Lipinski definition) is 2. The number of nitrogens with zero attached hydrogens (tertiary/aromatic N) is 1. The van der Waals surface area contributed by atoms with Gasteiger partial charge in [-0.2, -0.15) is 0 Å². The summed E-state index contributed by atoms with van der Waals surface area (Å²) in [5.41, 5.74) is 1.98. The molecule has 0 spiro atoms.